The number of carbonyl (C=O) groups excluding carboxylic acids is 1. The van der Waals surface area contributed by atoms with Gasteiger partial charge in [0.2, 0.25) is 5.91 Å². The molecule has 0 heterocycles. The number of rotatable bonds is 4. The Kier molecular flexibility index (Phi) is 4.90. The zero-order valence-corrected chi connectivity index (χ0v) is 8.14. The van der Waals surface area contributed by atoms with E-state index in [1.54, 1.807) is 0 Å². The Morgan fingerprint density at radius 1 is 1.50 bits per heavy atom. The van der Waals surface area contributed by atoms with E-state index in [0.29, 0.717) is 4.90 Å². The monoisotopic (exact) mass is 213 g/mol. The molecule has 84 valence electrons. The zero-order valence-electron chi connectivity index (χ0n) is 8.14. The summed E-state index contributed by atoms with van der Waals surface area (Å²) in [7, 11) is 1.10. The minimum Gasteiger partial charge on any atom is -0.393 e. The zero-order chi connectivity index (χ0) is 11.4. The molecule has 0 radical (unpaired) electrons. The van der Waals surface area contributed by atoms with Gasteiger partial charge in [-0.25, -0.2) is 0 Å². The molecular formula is C8H14F3NO2. The van der Waals surface area contributed by atoms with Crippen LogP contribution in [-0.4, -0.2) is 41.8 Å². The average Bonchev–Trinajstić information content (AvgIpc) is 1.96. The molecule has 0 aromatic heterocycles. The Morgan fingerprint density at radius 2 is 2.00 bits per heavy atom. The van der Waals surface area contributed by atoms with Crippen molar-refractivity contribution in [2.75, 3.05) is 13.6 Å². The summed E-state index contributed by atoms with van der Waals surface area (Å²) >= 11 is 0. The molecule has 0 rings (SSSR count). The predicted octanol–water partition coefficient (Wildman–Crippen LogP) is 1.17. The molecule has 0 aromatic carbocycles. The normalized spacial score (nSPS) is 13.9. The molecule has 1 amide bonds. The van der Waals surface area contributed by atoms with E-state index < -0.39 is 24.7 Å². The Hall–Kier alpha value is -0.780. The van der Waals surface area contributed by atoms with Gasteiger partial charge in [-0.15, -0.1) is 0 Å². The SMILES string of the molecule is CC(O)CCC(=O)N(C)CC(F)(F)F. The molecular weight excluding hydrogens is 199 g/mol. The highest BCUT2D eigenvalue weighted by Crippen LogP contribution is 2.16. The van der Waals surface area contributed by atoms with Crippen LogP contribution < -0.4 is 0 Å². The van der Waals surface area contributed by atoms with Gasteiger partial charge in [0.25, 0.3) is 0 Å². The Bertz CT molecular complexity index is 192. The van der Waals surface area contributed by atoms with Crippen molar-refractivity contribution in [3.05, 3.63) is 0 Å². The molecule has 0 spiro atoms. The quantitative estimate of drug-likeness (QED) is 0.761. The highest BCUT2D eigenvalue weighted by Gasteiger charge is 2.30. The van der Waals surface area contributed by atoms with Gasteiger partial charge < -0.3 is 10.0 Å². The van der Waals surface area contributed by atoms with Crippen molar-refractivity contribution in [3.63, 3.8) is 0 Å². The standard InChI is InChI=1S/C8H14F3NO2/c1-6(13)3-4-7(14)12(2)5-8(9,10)11/h6,13H,3-5H2,1-2H3. The van der Waals surface area contributed by atoms with Crippen LogP contribution in [0.25, 0.3) is 0 Å². The lowest BCUT2D eigenvalue weighted by molar-refractivity contribution is -0.158. The summed E-state index contributed by atoms with van der Waals surface area (Å²) in [6.45, 7) is 0.239. The minimum absolute atomic E-state index is 0.0652. The Balaban J connectivity index is 3.88. The lowest BCUT2D eigenvalue weighted by Gasteiger charge is -2.19. The van der Waals surface area contributed by atoms with Crippen LogP contribution in [0, 0.1) is 0 Å². The second-order valence-corrected chi connectivity index (χ2v) is 3.25. The van der Waals surface area contributed by atoms with Crippen molar-refractivity contribution in [2.24, 2.45) is 0 Å². The van der Waals surface area contributed by atoms with Crippen molar-refractivity contribution in [1.29, 1.82) is 0 Å². The van der Waals surface area contributed by atoms with Crippen molar-refractivity contribution in [1.82, 2.24) is 4.90 Å². The summed E-state index contributed by atoms with van der Waals surface area (Å²) in [6.07, 6.45) is -4.92. The van der Waals surface area contributed by atoms with Crippen molar-refractivity contribution >= 4 is 5.91 Å². The molecule has 0 saturated heterocycles. The van der Waals surface area contributed by atoms with E-state index in [1.165, 1.54) is 6.92 Å². The maximum absolute atomic E-state index is 11.8. The lowest BCUT2D eigenvalue weighted by Crippen LogP contribution is -2.35. The summed E-state index contributed by atoms with van der Waals surface area (Å²) in [5.41, 5.74) is 0. The number of carbonyl (C=O) groups is 1. The average molecular weight is 213 g/mol. The summed E-state index contributed by atoms with van der Waals surface area (Å²) in [4.78, 5) is 11.7. The van der Waals surface area contributed by atoms with E-state index in [0.717, 1.165) is 7.05 Å². The summed E-state index contributed by atoms with van der Waals surface area (Å²) in [5.74, 6) is -0.608. The van der Waals surface area contributed by atoms with Crippen LogP contribution in [0.15, 0.2) is 0 Å². The highest BCUT2D eigenvalue weighted by molar-refractivity contribution is 5.75. The minimum atomic E-state index is -4.37. The fourth-order valence-corrected chi connectivity index (χ4v) is 0.880. The van der Waals surface area contributed by atoms with Gasteiger partial charge in [0.15, 0.2) is 0 Å². The topological polar surface area (TPSA) is 40.5 Å². The molecule has 0 fully saturated rings. The maximum Gasteiger partial charge on any atom is 0.406 e. The second-order valence-electron chi connectivity index (χ2n) is 3.25. The van der Waals surface area contributed by atoms with Crippen molar-refractivity contribution in [2.45, 2.75) is 32.0 Å². The highest BCUT2D eigenvalue weighted by atomic mass is 19.4. The van der Waals surface area contributed by atoms with Gasteiger partial charge in [0.05, 0.1) is 6.10 Å². The van der Waals surface area contributed by atoms with E-state index >= 15 is 0 Å². The molecule has 1 atom stereocenters. The first-order valence-corrected chi connectivity index (χ1v) is 4.21. The molecule has 0 aromatic rings. The smallest absolute Gasteiger partial charge is 0.393 e. The second kappa shape index (κ2) is 5.19. The van der Waals surface area contributed by atoms with E-state index in [4.69, 9.17) is 5.11 Å². The predicted molar refractivity (Wildman–Crippen MR) is 44.6 cm³/mol. The van der Waals surface area contributed by atoms with E-state index in [1.807, 2.05) is 0 Å². The number of halogens is 3. The molecule has 0 saturated carbocycles. The number of aliphatic hydroxyl groups is 1. The van der Waals surface area contributed by atoms with Crippen LogP contribution in [-0.2, 0) is 4.79 Å². The number of alkyl halides is 3. The molecule has 0 bridgehead atoms. The van der Waals surface area contributed by atoms with Crippen LogP contribution in [0.4, 0.5) is 13.2 Å². The van der Waals surface area contributed by atoms with Crippen LogP contribution in [0.5, 0.6) is 0 Å². The molecule has 6 heteroatoms. The lowest BCUT2D eigenvalue weighted by atomic mass is 10.2. The fourth-order valence-electron chi connectivity index (χ4n) is 0.880. The van der Waals surface area contributed by atoms with Crippen LogP contribution in [0.3, 0.4) is 0 Å². The summed E-state index contributed by atoms with van der Waals surface area (Å²) in [6, 6.07) is 0. The third-order valence-electron chi connectivity index (χ3n) is 1.62. The molecule has 0 aliphatic carbocycles. The van der Waals surface area contributed by atoms with Crippen LogP contribution in [0.1, 0.15) is 19.8 Å². The van der Waals surface area contributed by atoms with Gasteiger partial charge in [-0.3, -0.25) is 4.79 Å². The first-order valence-electron chi connectivity index (χ1n) is 4.21. The number of amides is 1. The number of hydrogen-bond acceptors (Lipinski definition) is 2. The molecule has 0 aliphatic heterocycles. The summed E-state index contributed by atoms with van der Waals surface area (Å²) in [5, 5.41) is 8.82. The maximum atomic E-state index is 11.8. The van der Waals surface area contributed by atoms with Gasteiger partial charge in [0.1, 0.15) is 6.54 Å². The van der Waals surface area contributed by atoms with Crippen LogP contribution >= 0.6 is 0 Å². The third kappa shape index (κ3) is 6.71. The molecule has 1 N–H and O–H groups in total. The van der Waals surface area contributed by atoms with Gasteiger partial charge in [-0.1, -0.05) is 0 Å². The number of nitrogens with zero attached hydrogens (tertiary/aromatic N) is 1. The molecule has 1 unspecified atom stereocenters. The van der Waals surface area contributed by atoms with Gasteiger partial charge in [-0.05, 0) is 13.3 Å². The number of aliphatic hydroxyl groups excluding tert-OH is 1. The number of hydrogen-bond donors (Lipinski definition) is 1. The largest absolute Gasteiger partial charge is 0.406 e. The van der Waals surface area contributed by atoms with Gasteiger partial charge >= 0.3 is 6.18 Å². The van der Waals surface area contributed by atoms with Gasteiger partial charge in [-0.2, -0.15) is 13.2 Å². The fraction of sp³-hybridized carbons (Fsp3) is 0.875. The third-order valence-corrected chi connectivity index (χ3v) is 1.62. The molecule has 0 aliphatic rings. The molecule has 14 heavy (non-hydrogen) atoms. The van der Waals surface area contributed by atoms with Crippen LogP contribution in [0.2, 0.25) is 0 Å². The first-order chi connectivity index (χ1) is 6.22. The van der Waals surface area contributed by atoms with Gasteiger partial charge in [0, 0.05) is 13.5 Å². The molecule has 3 nitrogen and oxygen atoms in total. The first kappa shape index (κ1) is 13.2. The van der Waals surface area contributed by atoms with E-state index in [9.17, 15) is 18.0 Å². The van der Waals surface area contributed by atoms with E-state index in [-0.39, 0.29) is 12.8 Å². The summed E-state index contributed by atoms with van der Waals surface area (Å²) < 4.78 is 35.5. The Labute approximate surface area is 80.5 Å². The van der Waals surface area contributed by atoms with Crippen molar-refractivity contribution in [3.8, 4) is 0 Å². The van der Waals surface area contributed by atoms with Crippen molar-refractivity contribution < 1.29 is 23.1 Å². The van der Waals surface area contributed by atoms with E-state index in [2.05, 4.69) is 0 Å². The Morgan fingerprint density at radius 3 is 2.36 bits per heavy atom.